The Labute approximate surface area is 377 Å². The summed E-state index contributed by atoms with van der Waals surface area (Å²) in [5, 5.41) is 3.97. The second kappa shape index (κ2) is 18.1. The number of carbonyl (C=O) groups is 1. The number of piperidine rings is 1. The van der Waals surface area contributed by atoms with Crippen molar-refractivity contribution in [3.8, 4) is 28.6 Å². The fourth-order valence-corrected chi connectivity index (χ4v) is 16.3. The molecule has 14 heteroatoms. The molecule has 1 N–H and O–H groups in total. The molecule has 0 saturated carbocycles. The average molecular weight is 904 g/mol. The molecule has 9 nitrogen and oxygen atoms in total. The number of anilines is 1. The number of hydrogen-bond acceptors (Lipinski definition) is 8. The van der Waals surface area contributed by atoms with E-state index in [1.807, 2.05) is 17.9 Å². The molecule has 3 aliphatic rings. The van der Waals surface area contributed by atoms with E-state index in [-0.39, 0.29) is 75.6 Å². The normalized spacial score (nSPS) is 21.8. The van der Waals surface area contributed by atoms with Crippen LogP contribution in [-0.2, 0) is 16.1 Å². The molecule has 3 aromatic carbocycles. The molecule has 346 valence electrons. The molecule has 64 heavy (non-hydrogen) atoms. The Kier molecular flexibility index (Phi) is 13.4. The van der Waals surface area contributed by atoms with Crippen LogP contribution in [0.25, 0.3) is 32.8 Å². The highest BCUT2D eigenvalue weighted by Crippen LogP contribution is 2.45. The zero-order valence-electron chi connectivity index (χ0n) is 39.4. The number of benzene rings is 3. The van der Waals surface area contributed by atoms with E-state index in [1.165, 1.54) is 19.2 Å². The van der Waals surface area contributed by atoms with Gasteiger partial charge in [0, 0.05) is 43.9 Å². The Morgan fingerprint density at radius 2 is 1.69 bits per heavy atom. The van der Waals surface area contributed by atoms with Gasteiger partial charge in [-0.25, -0.2) is 22.4 Å². The van der Waals surface area contributed by atoms with Crippen molar-refractivity contribution in [1.29, 1.82) is 0 Å². The number of nitrogens with one attached hydrogen (secondary N) is 1. The summed E-state index contributed by atoms with van der Waals surface area (Å²) in [6.07, 6.45) is 1.60. The van der Waals surface area contributed by atoms with Gasteiger partial charge >= 0.3 is 12.1 Å². The quantitative estimate of drug-likeness (QED) is 0.0904. The maximum atomic E-state index is 17.9. The van der Waals surface area contributed by atoms with Gasteiger partial charge in [0.25, 0.3) is 0 Å². The summed E-state index contributed by atoms with van der Waals surface area (Å²) in [6, 6.07) is 7.54. The van der Waals surface area contributed by atoms with Crippen LogP contribution in [0, 0.1) is 28.9 Å². The molecule has 7 rings (SSSR count). The average Bonchev–Trinajstić information content (AvgIpc) is 3.72. The molecule has 1 unspecified atom stereocenters. The minimum absolute atomic E-state index is 0.0785. The van der Waals surface area contributed by atoms with Gasteiger partial charge in [-0.1, -0.05) is 53.5 Å². The number of rotatable bonds is 11. The third-order valence-electron chi connectivity index (χ3n) is 13.8. The van der Waals surface area contributed by atoms with E-state index in [4.69, 9.17) is 19.2 Å². The van der Waals surface area contributed by atoms with Crippen LogP contribution in [-0.4, -0.2) is 91.8 Å². The van der Waals surface area contributed by atoms with Crippen LogP contribution in [0.1, 0.15) is 112 Å². The first-order valence-corrected chi connectivity index (χ1v) is 25.1. The smallest absolute Gasteiger partial charge is 0.408 e. The van der Waals surface area contributed by atoms with Gasteiger partial charge in [0.2, 0.25) is 0 Å². The van der Waals surface area contributed by atoms with E-state index in [9.17, 15) is 9.18 Å². The molecule has 3 atom stereocenters. The second-order valence-corrected chi connectivity index (χ2v) is 26.2. The molecule has 4 aromatic rings. The number of ether oxygens (including phenoxy) is 3. The number of halogens is 4. The molecular weight excluding hydrogens is 839 g/mol. The monoisotopic (exact) mass is 903 g/mol. The van der Waals surface area contributed by atoms with E-state index in [0.29, 0.717) is 43.3 Å². The minimum atomic E-state index is -2.37. The standard InChI is InChI=1S/C50H65F4N5O4Si/c1-30(2)64(31(3)4,32(5)6)21-16-36-39(52)15-14-34-22-33(27-61-11)23-37(41(34)36)42-40(53)24-38-44(43(42)54)55-46(62-29-50-18-13-20-59(50)26-35(51)25-50)56-45(38)58-19-12-17-49(10,28-58)57-47(60)63-48(7,8)9/h14-15,22-24,30-32,35H,12-13,17-20,25-29H2,1-11H3,(H,57,60)/t35-,49?,50+/m1/s1. The molecule has 0 aliphatic carbocycles. The lowest BCUT2D eigenvalue weighted by Gasteiger charge is -2.42. The van der Waals surface area contributed by atoms with Gasteiger partial charge < -0.3 is 24.4 Å². The molecule has 1 amide bonds. The lowest BCUT2D eigenvalue weighted by Crippen LogP contribution is -2.57. The number of amides is 1. The van der Waals surface area contributed by atoms with Crippen LogP contribution in [0.15, 0.2) is 30.3 Å². The van der Waals surface area contributed by atoms with Crippen molar-refractivity contribution in [2.24, 2.45) is 0 Å². The van der Waals surface area contributed by atoms with Gasteiger partial charge in [-0.2, -0.15) is 9.97 Å². The minimum Gasteiger partial charge on any atom is -0.461 e. The first-order valence-electron chi connectivity index (χ1n) is 22.9. The Morgan fingerprint density at radius 3 is 2.36 bits per heavy atom. The molecule has 0 bridgehead atoms. The van der Waals surface area contributed by atoms with Gasteiger partial charge in [-0.3, -0.25) is 4.90 Å². The van der Waals surface area contributed by atoms with E-state index in [1.54, 1.807) is 32.9 Å². The number of aromatic nitrogens is 2. The Hall–Kier alpha value is -4.45. The molecule has 3 saturated heterocycles. The predicted molar refractivity (Wildman–Crippen MR) is 249 cm³/mol. The predicted octanol–water partition coefficient (Wildman–Crippen LogP) is 11.4. The van der Waals surface area contributed by atoms with Crippen molar-refractivity contribution in [1.82, 2.24) is 20.2 Å². The lowest BCUT2D eigenvalue weighted by atomic mass is 9.90. The third kappa shape index (κ3) is 9.18. The van der Waals surface area contributed by atoms with Crippen LogP contribution in [0.4, 0.5) is 28.2 Å². The number of methoxy groups -OCH3 is 1. The second-order valence-electron chi connectivity index (χ2n) is 20.6. The molecular formula is C50H65F4N5O4Si. The van der Waals surface area contributed by atoms with Gasteiger partial charge in [-0.15, -0.1) is 5.54 Å². The number of carbonyl (C=O) groups excluding carboxylic acids is 1. The first-order chi connectivity index (χ1) is 30.1. The highest BCUT2D eigenvalue weighted by atomic mass is 28.3. The fraction of sp³-hybridized carbons (Fsp3) is 0.580. The topological polar surface area (TPSA) is 89.0 Å². The van der Waals surface area contributed by atoms with Crippen LogP contribution < -0.4 is 15.0 Å². The molecule has 3 aliphatic heterocycles. The largest absolute Gasteiger partial charge is 0.461 e. The van der Waals surface area contributed by atoms with Gasteiger partial charge in [0.15, 0.2) is 5.82 Å². The number of hydrogen-bond donors (Lipinski definition) is 1. The van der Waals surface area contributed by atoms with Crippen molar-refractivity contribution >= 4 is 41.7 Å². The van der Waals surface area contributed by atoms with Crippen molar-refractivity contribution < 1.29 is 36.6 Å². The van der Waals surface area contributed by atoms with Crippen molar-refractivity contribution in [3.05, 3.63) is 58.9 Å². The third-order valence-corrected chi connectivity index (χ3v) is 20.1. The first kappa shape index (κ1) is 47.5. The summed E-state index contributed by atoms with van der Waals surface area (Å²) in [6.45, 7) is 22.3. The molecule has 1 aromatic heterocycles. The lowest BCUT2D eigenvalue weighted by molar-refractivity contribution is 0.0454. The molecule has 3 fully saturated rings. The maximum absolute atomic E-state index is 17.9. The van der Waals surface area contributed by atoms with Gasteiger partial charge in [0.1, 0.15) is 49.4 Å². The molecule has 4 heterocycles. The summed E-state index contributed by atoms with van der Waals surface area (Å²) < 4.78 is 83.9. The van der Waals surface area contributed by atoms with Gasteiger partial charge in [0.05, 0.1) is 28.8 Å². The SMILES string of the molecule is COCc1cc(-c2c(F)cc3c(N4CCCC(C)(NC(=O)OC(C)(C)C)C4)nc(OC[C@@]45CCCN4C[C@H](F)C5)nc3c2F)c2c(C#C[Si](C(C)C)(C(C)C)C(C)C)c(F)ccc2c1. The summed E-state index contributed by atoms with van der Waals surface area (Å²) in [5.41, 5.74) is 2.60. The summed E-state index contributed by atoms with van der Waals surface area (Å²) in [7, 11) is -0.838. The number of fused-ring (bicyclic) bond motifs is 3. The van der Waals surface area contributed by atoms with Crippen LogP contribution in [0.3, 0.4) is 0 Å². The summed E-state index contributed by atoms with van der Waals surface area (Å²) in [5.74, 6) is 1.04. The Bertz CT molecular complexity index is 2460. The summed E-state index contributed by atoms with van der Waals surface area (Å²) in [4.78, 5) is 26.5. The summed E-state index contributed by atoms with van der Waals surface area (Å²) >= 11 is 0. The van der Waals surface area contributed by atoms with E-state index in [0.717, 1.165) is 19.4 Å². The highest BCUT2D eigenvalue weighted by Gasteiger charge is 2.49. The zero-order chi connectivity index (χ0) is 46.5. The van der Waals surface area contributed by atoms with E-state index < -0.39 is 60.0 Å². The fourth-order valence-electron chi connectivity index (χ4n) is 11.1. The Morgan fingerprint density at radius 1 is 0.984 bits per heavy atom. The number of nitrogens with zero attached hydrogens (tertiary/aromatic N) is 4. The highest BCUT2D eigenvalue weighted by molar-refractivity contribution is 6.90. The van der Waals surface area contributed by atoms with Crippen molar-refractivity contribution in [2.45, 2.75) is 147 Å². The molecule has 0 spiro atoms. The van der Waals surface area contributed by atoms with Crippen LogP contribution in [0.5, 0.6) is 6.01 Å². The van der Waals surface area contributed by atoms with Gasteiger partial charge in [-0.05, 0) is 117 Å². The van der Waals surface area contributed by atoms with Crippen molar-refractivity contribution in [3.63, 3.8) is 0 Å². The Balaban J connectivity index is 1.43. The van der Waals surface area contributed by atoms with Crippen molar-refractivity contribution in [2.75, 3.05) is 44.8 Å². The van der Waals surface area contributed by atoms with E-state index in [2.05, 4.69) is 68.2 Å². The number of alkyl carbamates (subject to hydrolysis) is 1. The van der Waals surface area contributed by atoms with Crippen LogP contribution >= 0.6 is 0 Å². The number of alkyl halides is 1. The molecule has 0 radical (unpaired) electrons. The van der Waals surface area contributed by atoms with E-state index >= 15 is 13.2 Å². The zero-order valence-corrected chi connectivity index (χ0v) is 40.4. The van der Waals surface area contributed by atoms with Crippen LogP contribution in [0.2, 0.25) is 16.6 Å². The maximum Gasteiger partial charge on any atom is 0.408 e.